The van der Waals surface area contributed by atoms with Gasteiger partial charge < -0.3 is 14.9 Å². The van der Waals surface area contributed by atoms with Crippen molar-refractivity contribution in [2.45, 2.75) is 157 Å². The molecular formula is C38H66O5. The summed E-state index contributed by atoms with van der Waals surface area (Å²) in [6.07, 6.45) is 15.9. The zero-order valence-corrected chi connectivity index (χ0v) is 29.5. The first-order valence-electron chi connectivity index (χ1n) is 16.8. The van der Waals surface area contributed by atoms with Crippen molar-refractivity contribution in [1.82, 2.24) is 0 Å². The molecule has 5 nitrogen and oxygen atoms in total. The lowest BCUT2D eigenvalue weighted by Gasteiger charge is -2.50. The van der Waals surface area contributed by atoms with E-state index in [0.29, 0.717) is 11.7 Å². The average molecular weight is 603 g/mol. The smallest absolute Gasteiger partial charge is 0.309 e. The summed E-state index contributed by atoms with van der Waals surface area (Å²) in [5.74, 6) is 0.744. The standard InChI is InChI=1S/C16H28O3.C12H22O.C10H16O/c1-7-15(6)10-8-9-12(2)16(15,18)11-13(17)19-14(3,4)5;1-5-11(4)9-7-8-10(3)12(11,13)6-2;1-4-10(3)7-5-6-8(2)9(10)11/h7,12,18H,1,8-11H2,2-6H3;5,10,13H,1,6-9H2,2-4H3;4,8H,1,5-7H2,2-3H3/t12-,15+,16-;10-,11+,12+;8-,10+/m111/s1. The third-order valence-corrected chi connectivity index (χ3v) is 11.3. The zero-order chi connectivity index (χ0) is 33.5. The Morgan fingerprint density at radius 3 is 1.65 bits per heavy atom. The number of hydrogen-bond acceptors (Lipinski definition) is 5. The van der Waals surface area contributed by atoms with Gasteiger partial charge in [0.05, 0.1) is 17.6 Å². The van der Waals surface area contributed by atoms with Crippen LogP contribution in [-0.2, 0) is 14.3 Å². The van der Waals surface area contributed by atoms with Gasteiger partial charge in [0.2, 0.25) is 0 Å². The molecule has 248 valence electrons. The Hall–Kier alpha value is -1.72. The van der Waals surface area contributed by atoms with E-state index < -0.39 is 22.2 Å². The lowest BCUT2D eigenvalue weighted by Crippen LogP contribution is -2.54. The van der Waals surface area contributed by atoms with Crippen LogP contribution in [0.25, 0.3) is 0 Å². The molecule has 3 aliphatic carbocycles. The lowest BCUT2D eigenvalue weighted by molar-refractivity contribution is -0.175. The Morgan fingerprint density at radius 2 is 1.28 bits per heavy atom. The maximum Gasteiger partial charge on any atom is 0.309 e. The SMILES string of the molecule is C=C[C@@]1(C)CCC[C@@H](C)C1=O.C=C[C@@]1(C)CCC[C@@H](C)[C@@]1(O)CC.C=C[C@@]1(C)CCC[C@@H](C)[C@]1(O)CC(=O)OC(C)(C)C. The van der Waals surface area contributed by atoms with Gasteiger partial charge in [-0.05, 0) is 84.5 Å². The number of carbonyl (C=O) groups is 2. The number of ether oxygens (including phenoxy) is 1. The molecule has 3 aliphatic rings. The molecule has 0 radical (unpaired) electrons. The van der Waals surface area contributed by atoms with Crippen LogP contribution in [0.4, 0.5) is 0 Å². The lowest BCUT2D eigenvalue weighted by atomic mass is 9.58. The molecule has 0 amide bonds. The van der Waals surface area contributed by atoms with E-state index >= 15 is 0 Å². The molecule has 3 saturated carbocycles. The van der Waals surface area contributed by atoms with Crippen LogP contribution in [0.1, 0.15) is 140 Å². The van der Waals surface area contributed by atoms with Crippen LogP contribution in [0.3, 0.4) is 0 Å². The molecule has 5 heteroatoms. The van der Waals surface area contributed by atoms with Gasteiger partial charge in [0.1, 0.15) is 11.4 Å². The molecule has 0 saturated heterocycles. The van der Waals surface area contributed by atoms with Gasteiger partial charge in [0.15, 0.2) is 0 Å². The van der Waals surface area contributed by atoms with Crippen LogP contribution in [-0.4, -0.2) is 38.8 Å². The highest BCUT2D eigenvalue weighted by Crippen LogP contribution is 2.51. The summed E-state index contributed by atoms with van der Waals surface area (Å²) in [4.78, 5) is 23.7. The van der Waals surface area contributed by atoms with E-state index in [0.717, 1.165) is 57.8 Å². The number of ketones is 1. The summed E-state index contributed by atoms with van der Waals surface area (Å²) < 4.78 is 5.36. The third kappa shape index (κ3) is 8.93. The van der Waals surface area contributed by atoms with Gasteiger partial charge in [-0.15, -0.1) is 19.7 Å². The summed E-state index contributed by atoms with van der Waals surface area (Å²) in [5, 5.41) is 21.7. The molecule has 0 unspecified atom stereocenters. The molecule has 0 aromatic rings. The highest BCUT2D eigenvalue weighted by molar-refractivity contribution is 5.88. The van der Waals surface area contributed by atoms with Crippen LogP contribution in [0.2, 0.25) is 0 Å². The predicted octanol–water partition coefficient (Wildman–Crippen LogP) is 9.17. The van der Waals surface area contributed by atoms with Crippen molar-refractivity contribution in [1.29, 1.82) is 0 Å². The molecule has 0 aromatic carbocycles. The predicted molar refractivity (Wildman–Crippen MR) is 180 cm³/mol. The molecule has 0 heterocycles. The fourth-order valence-corrected chi connectivity index (χ4v) is 7.67. The number of esters is 1. The first-order valence-corrected chi connectivity index (χ1v) is 16.8. The minimum atomic E-state index is -1.06. The molecule has 2 N–H and O–H groups in total. The van der Waals surface area contributed by atoms with Crippen LogP contribution in [0.5, 0.6) is 0 Å². The number of aliphatic hydroxyl groups is 2. The van der Waals surface area contributed by atoms with Crippen molar-refractivity contribution in [2.75, 3.05) is 0 Å². The van der Waals surface area contributed by atoms with Gasteiger partial charge in [0.25, 0.3) is 0 Å². The van der Waals surface area contributed by atoms with Gasteiger partial charge >= 0.3 is 5.97 Å². The Morgan fingerprint density at radius 1 is 0.837 bits per heavy atom. The largest absolute Gasteiger partial charge is 0.460 e. The summed E-state index contributed by atoms with van der Waals surface area (Å²) in [6.45, 7) is 31.3. The molecule has 0 aromatic heterocycles. The Bertz CT molecular complexity index is 979. The molecule has 8 atom stereocenters. The van der Waals surface area contributed by atoms with Gasteiger partial charge in [-0.25, -0.2) is 0 Å². The normalized spacial score (nSPS) is 39.6. The topological polar surface area (TPSA) is 83.8 Å². The van der Waals surface area contributed by atoms with Gasteiger partial charge in [-0.1, -0.05) is 79.0 Å². The van der Waals surface area contributed by atoms with E-state index in [1.165, 1.54) is 6.42 Å². The maximum absolute atomic E-state index is 12.1. The Balaban J connectivity index is 0.000000337. The zero-order valence-electron chi connectivity index (χ0n) is 29.5. The van der Waals surface area contributed by atoms with Crippen molar-refractivity contribution in [2.24, 2.45) is 34.0 Å². The number of hydrogen-bond donors (Lipinski definition) is 2. The summed E-state index contributed by atoms with van der Waals surface area (Å²) in [7, 11) is 0. The van der Waals surface area contributed by atoms with Crippen LogP contribution in [0, 0.1) is 34.0 Å². The monoisotopic (exact) mass is 602 g/mol. The van der Waals surface area contributed by atoms with E-state index in [-0.39, 0.29) is 35.1 Å². The molecular weight excluding hydrogens is 536 g/mol. The van der Waals surface area contributed by atoms with E-state index in [1.54, 1.807) is 6.08 Å². The van der Waals surface area contributed by atoms with E-state index in [4.69, 9.17) is 4.74 Å². The van der Waals surface area contributed by atoms with Crippen molar-refractivity contribution in [3.8, 4) is 0 Å². The van der Waals surface area contributed by atoms with Crippen molar-refractivity contribution >= 4 is 11.8 Å². The second-order valence-corrected chi connectivity index (χ2v) is 15.6. The highest BCUT2D eigenvalue weighted by atomic mass is 16.6. The molecule has 0 aliphatic heterocycles. The Kier molecular flexibility index (Phi) is 13.7. The van der Waals surface area contributed by atoms with Gasteiger partial charge in [0, 0.05) is 22.2 Å². The van der Waals surface area contributed by atoms with E-state index in [2.05, 4.69) is 40.5 Å². The van der Waals surface area contributed by atoms with Crippen LogP contribution in [0.15, 0.2) is 38.0 Å². The van der Waals surface area contributed by atoms with Gasteiger partial charge in [-0.3, -0.25) is 9.59 Å². The highest BCUT2D eigenvalue weighted by Gasteiger charge is 2.52. The van der Waals surface area contributed by atoms with Crippen molar-refractivity contribution < 1.29 is 24.5 Å². The van der Waals surface area contributed by atoms with E-state index in [1.807, 2.05) is 60.6 Å². The minimum Gasteiger partial charge on any atom is -0.460 e. The first-order chi connectivity index (χ1) is 19.6. The fraction of sp³-hybridized carbons (Fsp3) is 0.789. The Labute approximate surface area is 264 Å². The number of carbonyl (C=O) groups excluding carboxylic acids is 2. The average Bonchev–Trinajstić information content (AvgIpc) is 2.93. The van der Waals surface area contributed by atoms with Crippen LogP contribution >= 0.6 is 0 Å². The van der Waals surface area contributed by atoms with Gasteiger partial charge in [-0.2, -0.15) is 0 Å². The summed E-state index contributed by atoms with van der Waals surface area (Å²) >= 11 is 0. The van der Waals surface area contributed by atoms with E-state index in [9.17, 15) is 19.8 Å². The number of Topliss-reactive ketones (excluding diaryl/α,β-unsaturated/α-hetero) is 1. The van der Waals surface area contributed by atoms with Crippen LogP contribution < -0.4 is 0 Å². The second-order valence-electron chi connectivity index (χ2n) is 15.6. The number of allylic oxidation sites excluding steroid dienone is 1. The molecule has 43 heavy (non-hydrogen) atoms. The third-order valence-electron chi connectivity index (χ3n) is 11.3. The molecule has 0 spiro atoms. The first kappa shape index (κ1) is 39.3. The summed E-state index contributed by atoms with van der Waals surface area (Å²) in [5.41, 5.74) is -2.85. The molecule has 3 fully saturated rings. The number of rotatable bonds is 6. The van der Waals surface area contributed by atoms with Crippen molar-refractivity contribution in [3.05, 3.63) is 38.0 Å². The minimum absolute atomic E-state index is 0.0357. The summed E-state index contributed by atoms with van der Waals surface area (Å²) in [6, 6.07) is 0. The van der Waals surface area contributed by atoms with Crippen molar-refractivity contribution in [3.63, 3.8) is 0 Å². The molecule has 0 bridgehead atoms. The fourth-order valence-electron chi connectivity index (χ4n) is 7.67. The molecule has 3 rings (SSSR count). The maximum atomic E-state index is 12.1. The quantitative estimate of drug-likeness (QED) is 0.234. The second kappa shape index (κ2) is 15.0.